The first kappa shape index (κ1) is 19.1. The SMILES string of the molecule is Cl.Cl.O=C(N[C@H]1CN2CCC1CC2)c1csc(-c2cccnc2)n1. The Morgan fingerprint density at radius 3 is 2.71 bits per heavy atom. The van der Waals surface area contributed by atoms with Crippen LogP contribution in [0.3, 0.4) is 0 Å². The van der Waals surface area contributed by atoms with Gasteiger partial charge in [-0.15, -0.1) is 36.2 Å². The maximum absolute atomic E-state index is 12.4. The topological polar surface area (TPSA) is 58.1 Å². The molecule has 2 aromatic rings. The summed E-state index contributed by atoms with van der Waals surface area (Å²) in [7, 11) is 0. The molecule has 3 aliphatic heterocycles. The van der Waals surface area contributed by atoms with E-state index in [4.69, 9.17) is 0 Å². The van der Waals surface area contributed by atoms with E-state index in [9.17, 15) is 4.79 Å². The summed E-state index contributed by atoms with van der Waals surface area (Å²) in [5.41, 5.74) is 1.47. The minimum atomic E-state index is -0.0508. The van der Waals surface area contributed by atoms with E-state index < -0.39 is 0 Å². The highest BCUT2D eigenvalue weighted by molar-refractivity contribution is 7.13. The van der Waals surface area contributed by atoms with Gasteiger partial charge in [0.15, 0.2) is 0 Å². The van der Waals surface area contributed by atoms with Gasteiger partial charge >= 0.3 is 0 Å². The summed E-state index contributed by atoms with van der Waals surface area (Å²) < 4.78 is 0. The zero-order valence-corrected chi connectivity index (χ0v) is 15.5. The number of amides is 1. The maximum atomic E-state index is 12.4. The van der Waals surface area contributed by atoms with Crippen LogP contribution in [-0.4, -0.2) is 46.5 Å². The van der Waals surface area contributed by atoms with Crippen LogP contribution in [0.4, 0.5) is 0 Å². The van der Waals surface area contributed by atoms with Crippen molar-refractivity contribution in [3.63, 3.8) is 0 Å². The van der Waals surface area contributed by atoms with Crippen LogP contribution in [0.5, 0.6) is 0 Å². The molecule has 0 aliphatic carbocycles. The lowest BCUT2D eigenvalue weighted by Gasteiger charge is -2.44. The van der Waals surface area contributed by atoms with Crippen LogP contribution in [0.15, 0.2) is 29.9 Å². The number of aromatic nitrogens is 2. The predicted octanol–water partition coefficient (Wildman–Crippen LogP) is 2.87. The molecule has 1 amide bonds. The monoisotopic (exact) mass is 386 g/mol. The van der Waals surface area contributed by atoms with Crippen LogP contribution in [0.1, 0.15) is 23.3 Å². The van der Waals surface area contributed by atoms with Gasteiger partial charge in [0, 0.05) is 35.9 Å². The Morgan fingerprint density at radius 1 is 1.29 bits per heavy atom. The summed E-state index contributed by atoms with van der Waals surface area (Å²) in [6.07, 6.45) is 5.90. The lowest BCUT2D eigenvalue weighted by molar-refractivity contribution is 0.0618. The molecule has 2 aromatic heterocycles. The molecule has 5 heterocycles. The zero-order valence-electron chi connectivity index (χ0n) is 13.1. The number of thiazole rings is 1. The highest BCUT2D eigenvalue weighted by atomic mass is 35.5. The largest absolute Gasteiger partial charge is 0.346 e. The first-order valence-electron chi connectivity index (χ1n) is 7.69. The molecule has 5 rings (SSSR count). The Bertz CT molecular complexity index is 674. The van der Waals surface area contributed by atoms with Crippen molar-refractivity contribution in [2.24, 2.45) is 5.92 Å². The lowest BCUT2D eigenvalue weighted by atomic mass is 9.84. The van der Waals surface area contributed by atoms with Gasteiger partial charge in [0.2, 0.25) is 0 Å². The highest BCUT2D eigenvalue weighted by Crippen LogP contribution is 2.28. The molecular weight excluding hydrogens is 367 g/mol. The van der Waals surface area contributed by atoms with E-state index in [-0.39, 0.29) is 36.8 Å². The fraction of sp³-hybridized carbons (Fsp3) is 0.438. The molecule has 0 unspecified atom stereocenters. The first-order valence-corrected chi connectivity index (χ1v) is 8.57. The normalized spacial score (nSPS) is 24.6. The summed E-state index contributed by atoms with van der Waals surface area (Å²) in [6, 6.07) is 4.11. The number of piperidine rings is 3. The molecule has 2 bridgehead atoms. The van der Waals surface area contributed by atoms with Crippen molar-refractivity contribution in [2.75, 3.05) is 19.6 Å². The van der Waals surface area contributed by atoms with E-state index in [2.05, 4.69) is 20.2 Å². The second-order valence-corrected chi connectivity index (χ2v) is 6.86. The summed E-state index contributed by atoms with van der Waals surface area (Å²) in [5.74, 6) is 0.579. The molecule has 1 N–H and O–H groups in total. The Labute approximate surface area is 157 Å². The second kappa shape index (κ2) is 8.25. The zero-order chi connectivity index (χ0) is 14.9. The minimum Gasteiger partial charge on any atom is -0.346 e. The van der Waals surface area contributed by atoms with E-state index in [1.165, 1.54) is 37.3 Å². The number of nitrogens with zero attached hydrogens (tertiary/aromatic N) is 3. The average molecular weight is 387 g/mol. The molecule has 3 aliphatic rings. The van der Waals surface area contributed by atoms with Gasteiger partial charge in [-0.2, -0.15) is 0 Å². The van der Waals surface area contributed by atoms with E-state index in [0.717, 1.165) is 17.1 Å². The van der Waals surface area contributed by atoms with Crippen LogP contribution in [0.2, 0.25) is 0 Å². The number of pyridine rings is 1. The summed E-state index contributed by atoms with van der Waals surface area (Å²) >= 11 is 1.49. The van der Waals surface area contributed by atoms with Gasteiger partial charge in [-0.05, 0) is 44.0 Å². The van der Waals surface area contributed by atoms with Crippen molar-refractivity contribution < 1.29 is 4.79 Å². The second-order valence-electron chi connectivity index (χ2n) is 6.00. The number of halogens is 2. The molecule has 5 nitrogen and oxygen atoms in total. The molecule has 24 heavy (non-hydrogen) atoms. The van der Waals surface area contributed by atoms with Crippen LogP contribution < -0.4 is 5.32 Å². The maximum Gasteiger partial charge on any atom is 0.271 e. The van der Waals surface area contributed by atoms with Crippen LogP contribution >= 0.6 is 36.2 Å². The average Bonchev–Trinajstić information content (AvgIpc) is 3.07. The molecular formula is C16H20Cl2N4OS. The number of carbonyl (C=O) groups is 1. The van der Waals surface area contributed by atoms with E-state index in [1.54, 1.807) is 12.4 Å². The van der Waals surface area contributed by atoms with Crippen LogP contribution in [0.25, 0.3) is 10.6 Å². The Hall–Kier alpha value is -1.21. The first-order chi connectivity index (χ1) is 10.8. The van der Waals surface area contributed by atoms with Crippen LogP contribution in [-0.2, 0) is 0 Å². The van der Waals surface area contributed by atoms with Crippen molar-refractivity contribution in [2.45, 2.75) is 18.9 Å². The number of hydrogen-bond donors (Lipinski definition) is 1. The molecule has 3 fully saturated rings. The highest BCUT2D eigenvalue weighted by Gasteiger charge is 2.35. The smallest absolute Gasteiger partial charge is 0.271 e. The van der Waals surface area contributed by atoms with E-state index >= 15 is 0 Å². The molecule has 8 heteroatoms. The van der Waals surface area contributed by atoms with Gasteiger partial charge in [0.25, 0.3) is 5.91 Å². The number of nitrogens with one attached hydrogen (secondary N) is 1. The molecule has 0 saturated carbocycles. The molecule has 130 valence electrons. The number of carbonyl (C=O) groups excluding carboxylic acids is 1. The fourth-order valence-electron chi connectivity index (χ4n) is 3.37. The predicted molar refractivity (Wildman–Crippen MR) is 100 cm³/mol. The Morgan fingerprint density at radius 2 is 2.08 bits per heavy atom. The number of rotatable bonds is 3. The number of hydrogen-bond acceptors (Lipinski definition) is 5. The van der Waals surface area contributed by atoms with Gasteiger partial charge in [-0.25, -0.2) is 4.98 Å². The van der Waals surface area contributed by atoms with Gasteiger partial charge in [-0.3, -0.25) is 9.78 Å². The van der Waals surface area contributed by atoms with Crippen molar-refractivity contribution in [1.82, 2.24) is 20.2 Å². The van der Waals surface area contributed by atoms with Crippen molar-refractivity contribution in [3.8, 4) is 10.6 Å². The van der Waals surface area contributed by atoms with Crippen LogP contribution in [0, 0.1) is 5.92 Å². The molecule has 0 spiro atoms. The quantitative estimate of drug-likeness (QED) is 0.880. The molecule has 3 saturated heterocycles. The van der Waals surface area contributed by atoms with Crippen molar-refractivity contribution in [1.29, 1.82) is 0 Å². The van der Waals surface area contributed by atoms with Gasteiger partial charge in [0.1, 0.15) is 10.7 Å². The standard InChI is InChI=1S/C16H18N4OS.2ClH/c21-15(18-13-9-20-6-3-11(13)4-7-20)14-10-22-16(19-14)12-2-1-5-17-8-12;;/h1-2,5,8,10-11,13H,3-4,6-7,9H2,(H,18,21);2*1H/t13-;;/m0../s1. The third kappa shape index (κ3) is 3.88. The lowest BCUT2D eigenvalue weighted by Crippen LogP contribution is -2.57. The van der Waals surface area contributed by atoms with E-state index in [0.29, 0.717) is 11.6 Å². The summed E-state index contributed by atoms with van der Waals surface area (Å²) in [4.78, 5) is 23.4. The third-order valence-corrected chi connectivity index (χ3v) is 5.51. The Balaban J connectivity index is 0.00000104. The summed E-state index contributed by atoms with van der Waals surface area (Å²) in [6.45, 7) is 3.34. The molecule has 0 aromatic carbocycles. The van der Waals surface area contributed by atoms with E-state index in [1.807, 2.05) is 17.5 Å². The number of fused-ring (bicyclic) bond motifs is 3. The van der Waals surface area contributed by atoms with Crippen molar-refractivity contribution in [3.05, 3.63) is 35.6 Å². The van der Waals surface area contributed by atoms with Gasteiger partial charge in [-0.1, -0.05) is 0 Å². The Kier molecular flexibility index (Phi) is 6.57. The third-order valence-electron chi connectivity index (χ3n) is 4.62. The molecule has 0 radical (unpaired) electrons. The van der Waals surface area contributed by atoms with Crippen molar-refractivity contribution >= 4 is 42.1 Å². The van der Waals surface area contributed by atoms with Gasteiger partial charge < -0.3 is 10.2 Å². The van der Waals surface area contributed by atoms with Gasteiger partial charge in [0.05, 0.1) is 0 Å². The summed E-state index contributed by atoms with van der Waals surface area (Å²) in [5, 5.41) is 5.85. The minimum absolute atomic E-state index is 0. The fourth-order valence-corrected chi connectivity index (χ4v) is 4.16. The molecule has 1 atom stereocenters.